The SMILES string of the molecule is CC1CC(c2ccc(Cl)c(Cl)c2)N1. The van der Waals surface area contributed by atoms with Crippen molar-refractivity contribution >= 4 is 23.2 Å². The molecular weight excluding hydrogens is 205 g/mol. The highest BCUT2D eigenvalue weighted by Crippen LogP contribution is 2.31. The lowest BCUT2D eigenvalue weighted by Crippen LogP contribution is -2.43. The Bertz CT molecular complexity index is 319. The maximum absolute atomic E-state index is 5.92. The van der Waals surface area contributed by atoms with E-state index in [1.54, 1.807) is 0 Å². The second-order valence-corrected chi connectivity index (χ2v) is 4.34. The molecule has 1 heterocycles. The highest BCUT2D eigenvalue weighted by Gasteiger charge is 2.25. The zero-order chi connectivity index (χ0) is 9.42. The minimum atomic E-state index is 0.463. The van der Waals surface area contributed by atoms with Gasteiger partial charge in [0.1, 0.15) is 0 Å². The van der Waals surface area contributed by atoms with E-state index in [-0.39, 0.29) is 0 Å². The fourth-order valence-electron chi connectivity index (χ4n) is 1.63. The fourth-order valence-corrected chi connectivity index (χ4v) is 1.94. The van der Waals surface area contributed by atoms with Crippen LogP contribution in [0, 0.1) is 0 Å². The van der Waals surface area contributed by atoms with Crippen LogP contribution in [-0.2, 0) is 0 Å². The van der Waals surface area contributed by atoms with Crippen LogP contribution in [0.4, 0.5) is 0 Å². The second kappa shape index (κ2) is 3.49. The van der Waals surface area contributed by atoms with Gasteiger partial charge >= 0.3 is 0 Å². The lowest BCUT2D eigenvalue weighted by molar-refractivity contribution is 0.288. The molecule has 0 radical (unpaired) electrons. The summed E-state index contributed by atoms with van der Waals surface area (Å²) in [5.74, 6) is 0. The molecule has 13 heavy (non-hydrogen) atoms. The van der Waals surface area contributed by atoms with E-state index in [2.05, 4.69) is 12.2 Å². The lowest BCUT2D eigenvalue weighted by Gasteiger charge is -2.35. The van der Waals surface area contributed by atoms with Gasteiger partial charge in [0.25, 0.3) is 0 Å². The molecule has 70 valence electrons. The third-order valence-corrected chi connectivity index (χ3v) is 3.16. The molecule has 1 aliphatic rings. The molecule has 1 nitrogen and oxygen atoms in total. The van der Waals surface area contributed by atoms with Gasteiger partial charge in [-0.25, -0.2) is 0 Å². The third kappa shape index (κ3) is 1.83. The number of hydrogen-bond donors (Lipinski definition) is 1. The summed E-state index contributed by atoms with van der Waals surface area (Å²) in [5, 5.41) is 4.67. The quantitative estimate of drug-likeness (QED) is 0.758. The Morgan fingerprint density at radius 3 is 2.54 bits per heavy atom. The Kier molecular flexibility index (Phi) is 2.50. The molecule has 0 amide bonds. The van der Waals surface area contributed by atoms with Crippen LogP contribution in [0.15, 0.2) is 18.2 Å². The molecular formula is C10H11Cl2N. The maximum atomic E-state index is 5.92. The minimum absolute atomic E-state index is 0.463. The van der Waals surface area contributed by atoms with E-state index in [0.29, 0.717) is 22.1 Å². The molecule has 0 aliphatic carbocycles. The molecule has 2 unspecified atom stereocenters. The fraction of sp³-hybridized carbons (Fsp3) is 0.400. The summed E-state index contributed by atoms with van der Waals surface area (Å²) in [6.07, 6.45) is 1.18. The smallest absolute Gasteiger partial charge is 0.0595 e. The molecule has 0 saturated carbocycles. The molecule has 2 atom stereocenters. The first-order valence-electron chi connectivity index (χ1n) is 4.38. The van der Waals surface area contributed by atoms with Crippen molar-refractivity contribution in [2.24, 2.45) is 0 Å². The van der Waals surface area contributed by atoms with Crippen molar-refractivity contribution in [3.63, 3.8) is 0 Å². The average molecular weight is 216 g/mol. The van der Waals surface area contributed by atoms with Crippen molar-refractivity contribution in [3.8, 4) is 0 Å². The van der Waals surface area contributed by atoms with Gasteiger partial charge < -0.3 is 5.32 Å². The molecule has 3 heteroatoms. The summed E-state index contributed by atoms with van der Waals surface area (Å²) >= 11 is 11.7. The van der Waals surface area contributed by atoms with Crippen LogP contribution in [0.25, 0.3) is 0 Å². The second-order valence-electron chi connectivity index (χ2n) is 3.53. The average Bonchev–Trinajstić information content (AvgIpc) is 2.05. The molecule has 0 spiro atoms. The highest BCUT2D eigenvalue weighted by atomic mass is 35.5. The molecule has 1 N–H and O–H groups in total. The number of halogens is 2. The van der Waals surface area contributed by atoms with Gasteiger partial charge in [-0.1, -0.05) is 29.3 Å². The van der Waals surface area contributed by atoms with Crippen molar-refractivity contribution in [2.45, 2.75) is 25.4 Å². The van der Waals surface area contributed by atoms with Crippen LogP contribution < -0.4 is 5.32 Å². The van der Waals surface area contributed by atoms with E-state index in [4.69, 9.17) is 23.2 Å². The number of rotatable bonds is 1. The third-order valence-electron chi connectivity index (χ3n) is 2.42. The van der Waals surface area contributed by atoms with Gasteiger partial charge in [0, 0.05) is 12.1 Å². The molecule has 1 aromatic rings. The monoisotopic (exact) mass is 215 g/mol. The normalized spacial score (nSPS) is 27.0. The number of benzene rings is 1. The molecule has 2 rings (SSSR count). The van der Waals surface area contributed by atoms with Gasteiger partial charge in [-0.05, 0) is 31.0 Å². The summed E-state index contributed by atoms with van der Waals surface area (Å²) in [5.41, 5.74) is 1.23. The first-order chi connectivity index (χ1) is 6.16. The van der Waals surface area contributed by atoms with Crippen LogP contribution in [0.5, 0.6) is 0 Å². The molecule has 1 fully saturated rings. The Balaban J connectivity index is 2.18. The van der Waals surface area contributed by atoms with Gasteiger partial charge in [-0.15, -0.1) is 0 Å². The zero-order valence-electron chi connectivity index (χ0n) is 7.35. The van der Waals surface area contributed by atoms with E-state index >= 15 is 0 Å². The first-order valence-corrected chi connectivity index (χ1v) is 5.13. The van der Waals surface area contributed by atoms with Gasteiger partial charge in [-0.3, -0.25) is 0 Å². The van der Waals surface area contributed by atoms with Crippen molar-refractivity contribution in [1.29, 1.82) is 0 Å². The van der Waals surface area contributed by atoms with Gasteiger partial charge in [0.05, 0.1) is 10.0 Å². The van der Waals surface area contributed by atoms with Crippen LogP contribution in [0.3, 0.4) is 0 Å². The summed E-state index contributed by atoms with van der Waals surface area (Å²) < 4.78 is 0. The van der Waals surface area contributed by atoms with Gasteiger partial charge in [0.2, 0.25) is 0 Å². The zero-order valence-corrected chi connectivity index (χ0v) is 8.86. The van der Waals surface area contributed by atoms with Crippen molar-refractivity contribution in [1.82, 2.24) is 5.32 Å². The molecule has 1 aromatic carbocycles. The Morgan fingerprint density at radius 1 is 1.31 bits per heavy atom. The van der Waals surface area contributed by atoms with E-state index in [1.165, 1.54) is 12.0 Å². The van der Waals surface area contributed by atoms with Crippen LogP contribution in [-0.4, -0.2) is 6.04 Å². The summed E-state index contributed by atoms with van der Waals surface area (Å²) in [6.45, 7) is 2.17. The minimum Gasteiger partial charge on any atom is -0.307 e. The van der Waals surface area contributed by atoms with E-state index in [9.17, 15) is 0 Å². The topological polar surface area (TPSA) is 12.0 Å². The Labute approximate surface area is 88.0 Å². The molecule has 1 aliphatic heterocycles. The molecule has 1 saturated heterocycles. The largest absolute Gasteiger partial charge is 0.307 e. The number of nitrogens with one attached hydrogen (secondary N) is 1. The van der Waals surface area contributed by atoms with E-state index in [0.717, 1.165) is 0 Å². The summed E-state index contributed by atoms with van der Waals surface area (Å²) in [6, 6.07) is 6.90. The summed E-state index contributed by atoms with van der Waals surface area (Å²) in [4.78, 5) is 0. The van der Waals surface area contributed by atoms with Crippen molar-refractivity contribution in [3.05, 3.63) is 33.8 Å². The summed E-state index contributed by atoms with van der Waals surface area (Å²) in [7, 11) is 0. The molecule has 0 bridgehead atoms. The number of hydrogen-bond acceptors (Lipinski definition) is 1. The van der Waals surface area contributed by atoms with Crippen LogP contribution in [0.1, 0.15) is 24.9 Å². The van der Waals surface area contributed by atoms with E-state index < -0.39 is 0 Å². The van der Waals surface area contributed by atoms with Crippen LogP contribution >= 0.6 is 23.2 Å². The van der Waals surface area contributed by atoms with Crippen molar-refractivity contribution < 1.29 is 0 Å². The lowest BCUT2D eigenvalue weighted by atomic mass is 9.92. The first kappa shape index (κ1) is 9.32. The molecule has 0 aromatic heterocycles. The predicted molar refractivity (Wildman–Crippen MR) is 56.4 cm³/mol. The maximum Gasteiger partial charge on any atom is 0.0595 e. The standard InChI is InChI=1S/C10H11Cl2N/c1-6-4-10(13-6)7-2-3-8(11)9(12)5-7/h2-3,5-6,10,13H,4H2,1H3. The van der Waals surface area contributed by atoms with E-state index in [1.807, 2.05) is 18.2 Å². The Hall–Kier alpha value is -0.240. The predicted octanol–water partition coefficient (Wildman–Crippen LogP) is 3.42. The van der Waals surface area contributed by atoms with Gasteiger partial charge in [0.15, 0.2) is 0 Å². The van der Waals surface area contributed by atoms with Gasteiger partial charge in [-0.2, -0.15) is 0 Å². The Morgan fingerprint density at radius 2 is 2.00 bits per heavy atom. The van der Waals surface area contributed by atoms with Crippen LogP contribution in [0.2, 0.25) is 10.0 Å². The highest BCUT2D eigenvalue weighted by molar-refractivity contribution is 6.42. The van der Waals surface area contributed by atoms with Crippen molar-refractivity contribution in [2.75, 3.05) is 0 Å².